The zero-order valence-electron chi connectivity index (χ0n) is 16.9. The van der Waals surface area contributed by atoms with Gasteiger partial charge in [-0.15, -0.1) is 0 Å². The molecular weight excluding hydrogens is 354 g/mol. The maximum Gasteiger partial charge on any atom is 0.244 e. The van der Waals surface area contributed by atoms with Crippen LogP contribution in [-0.4, -0.2) is 47.5 Å². The topological polar surface area (TPSA) is 76.3 Å². The second-order valence-corrected chi connectivity index (χ2v) is 8.19. The zero-order chi connectivity index (χ0) is 19.3. The van der Waals surface area contributed by atoms with E-state index in [4.69, 9.17) is 14.2 Å². The molecule has 152 valence electrons. The summed E-state index contributed by atoms with van der Waals surface area (Å²) in [5, 5.41) is 8.07. The number of hydrogen-bond donors (Lipinski definition) is 1. The molecular formula is C21H31N5O2. The number of nitrogens with zero attached hydrogens (tertiary/aromatic N) is 4. The van der Waals surface area contributed by atoms with Crippen LogP contribution in [0.5, 0.6) is 0 Å². The summed E-state index contributed by atoms with van der Waals surface area (Å²) in [6, 6.07) is 6.66. The minimum atomic E-state index is 0.107. The largest absolute Gasteiger partial charge is 0.381 e. The van der Waals surface area contributed by atoms with E-state index < -0.39 is 0 Å². The summed E-state index contributed by atoms with van der Waals surface area (Å²) in [5.41, 5.74) is 0. The van der Waals surface area contributed by atoms with E-state index in [2.05, 4.69) is 46.3 Å². The highest BCUT2D eigenvalue weighted by molar-refractivity contribution is 5.38. The van der Waals surface area contributed by atoms with E-state index in [0.717, 1.165) is 69.5 Å². The van der Waals surface area contributed by atoms with Gasteiger partial charge < -0.3 is 19.5 Å². The molecule has 2 aliphatic heterocycles. The molecule has 0 spiro atoms. The Morgan fingerprint density at radius 2 is 1.89 bits per heavy atom. The molecule has 0 amide bonds. The molecule has 4 heterocycles. The Kier molecular flexibility index (Phi) is 6.22. The molecule has 7 heteroatoms. The molecule has 0 radical (unpaired) electrons. The molecule has 0 saturated carbocycles. The summed E-state index contributed by atoms with van der Waals surface area (Å²) >= 11 is 0. The molecule has 0 bridgehead atoms. The third-order valence-corrected chi connectivity index (χ3v) is 5.86. The standard InChI is InChI=1S/C21H31N5O2/c1-15(2)20-24-21(28-25-20)19(16-8-13-27-14-9-16)23-17-6-11-26(12-7-17)18-5-3-4-10-22-18/h3-5,10,15-17,19,23H,6-9,11-14H2,1-2H3. The first-order chi connectivity index (χ1) is 13.7. The number of pyridine rings is 1. The van der Waals surface area contributed by atoms with Gasteiger partial charge in [0.2, 0.25) is 5.89 Å². The second kappa shape index (κ2) is 9.01. The lowest BCUT2D eigenvalue weighted by Gasteiger charge is -2.37. The van der Waals surface area contributed by atoms with E-state index in [1.807, 2.05) is 12.3 Å². The number of piperidine rings is 1. The van der Waals surface area contributed by atoms with Crippen LogP contribution in [0.4, 0.5) is 5.82 Å². The third-order valence-electron chi connectivity index (χ3n) is 5.86. The van der Waals surface area contributed by atoms with Crippen molar-refractivity contribution < 1.29 is 9.26 Å². The smallest absolute Gasteiger partial charge is 0.244 e. The van der Waals surface area contributed by atoms with E-state index in [1.165, 1.54) is 0 Å². The van der Waals surface area contributed by atoms with Gasteiger partial charge >= 0.3 is 0 Å². The first-order valence-corrected chi connectivity index (χ1v) is 10.5. The molecule has 28 heavy (non-hydrogen) atoms. The van der Waals surface area contributed by atoms with Gasteiger partial charge in [-0.25, -0.2) is 4.98 Å². The zero-order valence-corrected chi connectivity index (χ0v) is 16.9. The van der Waals surface area contributed by atoms with Crippen molar-refractivity contribution in [1.82, 2.24) is 20.4 Å². The van der Waals surface area contributed by atoms with Crippen LogP contribution < -0.4 is 10.2 Å². The van der Waals surface area contributed by atoms with Crippen LogP contribution in [0.2, 0.25) is 0 Å². The van der Waals surface area contributed by atoms with Crippen molar-refractivity contribution in [3.05, 3.63) is 36.1 Å². The first kappa shape index (κ1) is 19.3. The summed E-state index contributed by atoms with van der Waals surface area (Å²) in [6.45, 7) is 7.84. The molecule has 2 aliphatic rings. The van der Waals surface area contributed by atoms with Crippen molar-refractivity contribution in [2.24, 2.45) is 5.92 Å². The van der Waals surface area contributed by atoms with Gasteiger partial charge in [0.15, 0.2) is 5.82 Å². The Morgan fingerprint density at radius 1 is 1.11 bits per heavy atom. The first-order valence-electron chi connectivity index (χ1n) is 10.5. The Bertz CT molecular complexity index is 721. The highest BCUT2D eigenvalue weighted by Crippen LogP contribution is 2.31. The van der Waals surface area contributed by atoms with Crippen molar-refractivity contribution in [2.75, 3.05) is 31.2 Å². The van der Waals surface area contributed by atoms with Gasteiger partial charge in [-0.3, -0.25) is 0 Å². The van der Waals surface area contributed by atoms with Crippen molar-refractivity contribution in [3.63, 3.8) is 0 Å². The van der Waals surface area contributed by atoms with Crippen LogP contribution in [0.25, 0.3) is 0 Å². The highest BCUT2D eigenvalue weighted by atomic mass is 16.5. The summed E-state index contributed by atoms with van der Waals surface area (Å²) < 4.78 is 11.3. The molecule has 2 fully saturated rings. The fourth-order valence-electron chi connectivity index (χ4n) is 4.14. The van der Waals surface area contributed by atoms with Gasteiger partial charge in [0.05, 0.1) is 6.04 Å². The average Bonchev–Trinajstić information content (AvgIpc) is 3.24. The molecule has 2 aromatic heterocycles. The minimum absolute atomic E-state index is 0.107. The van der Waals surface area contributed by atoms with Gasteiger partial charge in [-0.1, -0.05) is 25.1 Å². The number of aromatic nitrogens is 3. The maximum absolute atomic E-state index is 5.69. The Labute approximate surface area is 166 Å². The van der Waals surface area contributed by atoms with Crippen molar-refractivity contribution in [3.8, 4) is 0 Å². The van der Waals surface area contributed by atoms with Crippen molar-refractivity contribution >= 4 is 5.82 Å². The Hall–Kier alpha value is -1.99. The molecule has 1 atom stereocenters. The Balaban J connectivity index is 1.42. The average molecular weight is 386 g/mol. The SMILES string of the molecule is CC(C)c1noc(C(NC2CCN(c3ccccn3)CC2)C2CCOCC2)n1. The number of ether oxygens (including phenoxy) is 1. The molecule has 0 aromatic carbocycles. The molecule has 1 N–H and O–H groups in total. The lowest BCUT2D eigenvalue weighted by Crippen LogP contribution is -2.46. The lowest BCUT2D eigenvalue weighted by molar-refractivity contribution is 0.0461. The number of rotatable bonds is 6. The van der Waals surface area contributed by atoms with Crippen LogP contribution in [0.3, 0.4) is 0 Å². The molecule has 2 aromatic rings. The van der Waals surface area contributed by atoms with Gasteiger partial charge in [0, 0.05) is 44.5 Å². The molecule has 2 saturated heterocycles. The predicted molar refractivity (Wildman–Crippen MR) is 107 cm³/mol. The van der Waals surface area contributed by atoms with E-state index >= 15 is 0 Å². The normalized spacial score (nSPS) is 20.6. The minimum Gasteiger partial charge on any atom is -0.381 e. The van der Waals surface area contributed by atoms with Crippen molar-refractivity contribution in [2.45, 2.75) is 57.5 Å². The molecule has 4 rings (SSSR count). The fourth-order valence-corrected chi connectivity index (χ4v) is 4.14. The number of anilines is 1. The van der Waals surface area contributed by atoms with E-state index in [0.29, 0.717) is 12.0 Å². The monoisotopic (exact) mass is 385 g/mol. The summed E-state index contributed by atoms with van der Waals surface area (Å²) in [5.74, 6) is 3.35. The summed E-state index contributed by atoms with van der Waals surface area (Å²) in [4.78, 5) is 11.6. The van der Waals surface area contributed by atoms with Gasteiger partial charge in [-0.05, 0) is 43.7 Å². The third kappa shape index (κ3) is 4.52. The van der Waals surface area contributed by atoms with Crippen LogP contribution >= 0.6 is 0 Å². The summed E-state index contributed by atoms with van der Waals surface area (Å²) in [6.07, 6.45) is 6.10. The molecule has 0 aliphatic carbocycles. The van der Waals surface area contributed by atoms with Gasteiger partial charge in [0.25, 0.3) is 0 Å². The van der Waals surface area contributed by atoms with Crippen LogP contribution in [0.15, 0.2) is 28.9 Å². The van der Waals surface area contributed by atoms with Crippen LogP contribution in [0, 0.1) is 5.92 Å². The van der Waals surface area contributed by atoms with E-state index in [9.17, 15) is 0 Å². The number of nitrogens with one attached hydrogen (secondary N) is 1. The van der Waals surface area contributed by atoms with Crippen LogP contribution in [-0.2, 0) is 4.74 Å². The molecule has 1 unspecified atom stereocenters. The Morgan fingerprint density at radius 3 is 2.54 bits per heavy atom. The lowest BCUT2D eigenvalue weighted by atomic mass is 9.90. The second-order valence-electron chi connectivity index (χ2n) is 8.19. The maximum atomic E-state index is 5.69. The quantitative estimate of drug-likeness (QED) is 0.817. The molecule has 7 nitrogen and oxygen atoms in total. The van der Waals surface area contributed by atoms with E-state index in [-0.39, 0.29) is 12.0 Å². The van der Waals surface area contributed by atoms with Gasteiger partial charge in [0.1, 0.15) is 5.82 Å². The highest BCUT2D eigenvalue weighted by Gasteiger charge is 2.33. The number of hydrogen-bond acceptors (Lipinski definition) is 7. The van der Waals surface area contributed by atoms with Crippen LogP contribution in [0.1, 0.15) is 63.2 Å². The fraction of sp³-hybridized carbons (Fsp3) is 0.667. The predicted octanol–water partition coefficient (Wildman–Crippen LogP) is 3.31. The van der Waals surface area contributed by atoms with Gasteiger partial charge in [-0.2, -0.15) is 4.98 Å². The summed E-state index contributed by atoms with van der Waals surface area (Å²) in [7, 11) is 0. The van der Waals surface area contributed by atoms with Crippen molar-refractivity contribution in [1.29, 1.82) is 0 Å². The van der Waals surface area contributed by atoms with E-state index in [1.54, 1.807) is 0 Å².